The lowest BCUT2D eigenvalue weighted by molar-refractivity contribution is 0.100. The molecule has 0 saturated heterocycles. The normalized spacial score (nSPS) is 15.1. The summed E-state index contributed by atoms with van der Waals surface area (Å²) in [6.07, 6.45) is 9.01. The van der Waals surface area contributed by atoms with Crippen LogP contribution < -0.4 is 10.6 Å². The van der Waals surface area contributed by atoms with E-state index in [1.807, 2.05) is 6.20 Å². The number of amides is 1. The van der Waals surface area contributed by atoms with Crippen molar-refractivity contribution in [1.29, 1.82) is 0 Å². The lowest BCUT2D eigenvalue weighted by Gasteiger charge is -2.20. The third kappa shape index (κ3) is 2.64. The van der Waals surface area contributed by atoms with Crippen LogP contribution in [-0.4, -0.2) is 16.9 Å². The molecule has 4 nitrogen and oxygen atoms in total. The molecule has 2 N–H and O–H groups in total. The van der Waals surface area contributed by atoms with Gasteiger partial charge in [-0.25, -0.2) is 4.98 Å². The van der Waals surface area contributed by atoms with Crippen molar-refractivity contribution in [1.82, 2.24) is 4.98 Å². The van der Waals surface area contributed by atoms with Crippen molar-refractivity contribution < 1.29 is 4.79 Å². The Morgan fingerprint density at radius 1 is 1.65 bits per heavy atom. The summed E-state index contributed by atoms with van der Waals surface area (Å²) in [6.45, 7) is 2.08. The van der Waals surface area contributed by atoms with E-state index in [0.29, 0.717) is 17.4 Å². The molecule has 1 aliphatic rings. The van der Waals surface area contributed by atoms with Gasteiger partial charge >= 0.3 is 0 Å². The van der Waals surface area contributed by atoms with E-state index >= 15 is 0 Å². The number of carbonyl (C=O) groups excluding carboxylic acids is 1. The number of primary amides is 1. The Kier molecular flexibility index (Phi) is 3.42. The minimum absolute atomic E-state index is 0.427. The third-order valence-electron chi connectivity index (χ3n) is 2.74. The molecule has 1 aliphatic carbocycles. The Labute approximate surface area is 101 Å². The Morgan fingerprint density at radius 3 is 3.00 bits per heavy atom. The predicted octanol–water partition coefficient (Wildman–Crippen LogP) is 2.07. The predicted molar refractivity (Wildman–Crippen MR) is 67.7 cm³/mol. The summed E-state index contributed by atoms with van der Waals surface area (Å²) in [4.78, 5) is 17.7. The Balaban J connectivity index is 2.35. The third-order valence-corrected chi connectivity index (χ3v) is 2.74. The number of pyridine rings is 1. The van der Waals surface area contributed by atoms with Crippen LogP contribution in [0.2, 0.25) is 0 Å². The molecule has 0 bridgehead atoms. The van der Waals surface area contributed by atoms with Crippen molar-refractivity contribution in [3.63, 3.8) is 0 Å². The summed E-state index contributed by atoms with van der Waals surface area (Å²) in [5.74, 6) is 0.246. The molecule has 0 aromatic carbocycles. The number of hydrogen-bond acceptors (Lipinski definition) is 3. The van der Waals surface area contributed by atoms with Crippen molar-refractivity contribution in [2.24, 2.45) is 5.73 Å². The fourth-order valence-electron chi connectivity index (χ4n) is 1.73. The first-order chi connectivity index (χ1) is 8.24. The molecule has 0 unspecified atom stereocenters. The van der Waals surface area contributed by atoms with Gasteiger partial charge in [0.15, 0.2) is 0 Å². The number of nitrogens with two attached hydrogens (primary N) is 1. The summed E-state index contributed by atoms with van der Waals surface area (Å²) < 4.78 is 0. The van der Waals surface area contributed by atoms with Gasteiger partial charge in [-0.1, -0.05) is 13.0 Å². The van der Waals surface area contributed by atoms with Crippen LogP contribution in [0.25, 0.3) is 0 Å². The maximum atomic E-state index is 11.4. The van der Waals surface area contributed by atoms with Crippen LogP contribution in [0.5, 0.6) is 0 Å². The monoisotopic (exact) mass is 231 g/mol. The fourth-order valence-corrected chi connectivity index (χ4v) is 1.73. The second-order valence-electron chi connectivity index (χ2n) is 4.17. The van der Waals surface area contributed by atoms with Gasteiger partial charge in [0, 0.05) is 18.4 Å². The molecule has 0 atom stereocenters. The average Bonchev–Trinajstić information content (AvgIpc) is 3.14. The smallest absolute Gasteiger partial charge is 0.252 e. The van der Waals surface area contributed by atoms with Crippen LogP contribution in [0.3, 0.4) is 0 Å². The lowest BCUT2D eigenvalue weighted by Crippen LogP contribution is -2.24. The number of rotatable bonds is 5. The number of anilines is 1. The van der Waals surface area contributed by atoms with Crippen LogP contribution in [0.1, 0.15) is 36.5 Å². The number of carbonyl (C=O) groups is 1. The molecular formula is C13H17N3O. The van der Waals surface area contributed by atoms with Crippen molar-refractivity contribution in [3.05, 3.63) is 36.2 Å². The highest BCUT2D eigenvalue weighted by Crippen LogP contribution is 2.32. The highest BCUT2D eigenvalue weighted by Gasteiger charge is 2.30. The lowest BCUT2D eigenvalue weighted by atomic mass is 10.2. The van der Waals surface area contributed by atoms with Crippen LogP contribution in [-0.2, 0) is 0 Å². The molecule has 4 heteroatoms. The van der Waals surface area contributed by atoms with E-state index in [2.05, 4.69) is 22.9 Å². The maximum Gasteiger partial charge on any atom is 0.252 e. The molecule has 1 amide bonds. The quantitative estimate of drug-likeness (QED) is 0.844. The van der Waals surface area contributed by atoms with E-state index < -0.39 is 5.91 Å². The Bertz CT molecular complexity index is 438. The molecule has 17 heavy (non-hydrogen) atoms. The van der Waals surface area contributed by atoms with Gasteiger partial charge in [-0.05, 0) is 31.4 Å². The molecule has 0 radical (unpaired) electrons. The minimum Gasteiger partial charge on any atom is -0.365 e. The first-order valence-electron chi connectivity index (χ1n) is 5.94. The van der Waals surface area contributed by atoms with Crippen molar-refractivity contribution in [2.75, 3.05) is 4.90 Å². The van der Waals surface area contributed by atoms with Crippen molar-refractivity contribution >= 4 is 11.7 Å². The Hall–Kier alpha value is -1.84. The molecule has 1 fully saturated rings. The summed E-state index contributed by atoms with van der Waals surface area (Å²) in [7, 11) is 0. The van der Waals surface area contributed by atoms with Gasteiger partial charge in [0.05, 0.1) is 5.56 Å². The summed E-state index contributed by atoms with van der Waals surface area (Å²) in [5, 5.41) is 0. The summed E-state index contributed by atoms with van der Waals surface area (Å²) in [5.41, 5.74) is 5.86. The SMILES string of the molecule is CC/C=C/N(c1ncccc1C(N)=O)C1CC1. The van der Waals surface area contributed by atoms with Gasteiger partial charge in [-0.15, -0.1) is 0 Å². The van der Waals surface area contributed by atoms with Gasteiger partial charge in [0.2, 0.25) is 0 Å². The number of nitrogens with zero attached hydrogens (tertiary/aromatic N) is 2. The van der Waals surface area contributed by atoms with E-state index in [0.717, 1.165) is 19.3 Å². The number of allylic oxidation sites excluding steroid dienone is 1. The Morgan fingerprint density at radius 2 is 2.41 bits per heavy atom. The van der Waals surface area contributed by atoms with Crippen LogP contribution in [0, 0.1) is 0 Å². The minimum atomic E-state index is -0.427. The first-order valence-corrected chi connectivity index (χ1v) is 5.94. The van der Waals surface area contributed by atoms with E-state index in [4.69, 9.17) is 5.73 Å². The van der Waals surface area contributed by atoms with Crippen LogP contribution >= 0.6 is 0 Å². The largest absolute Gasteiger partial charge is 0.365 e. The van der Waals surface area contributed by atoms with Gasteiger partial charge in [-0.3, -0.25) is 4.79 Å². The highest BCUT2D eigenvalue weighted by molar-refractivity contribution is 5.97. The zero-order valence-electron chi connectivity index (χ0n) is 9.97. The van der Waals surface area contributed by atoms with Gasteiger partial charge in [-0.2, -0.15) is 0 Å². The van der Waals surface area contributed by atoms with Crippen LogP contribution in [0.15, 0.2) is 30.6 Å². The molecule has 2 rings (SSSR count). The van der Waals surface area contributed by atoms with Crippen LogP contribution in [0.4, 0.5) is 5.82 Å². The second-order valence-corrected chi connectivity index (χ2v) is 4.17. The molecule has 1 aromatic heterocycles. The van der Waals surface area contributed by atoms with E-state index in [1.54, 1.807) is 18.3 Å². The fraction of sp³-hybridized carbons (Fsp3) is 0.385. The number of hydrogen-bond donors (Lipinski definition) is 1. The van der Waals surface area contributed by atoms with Gasteiger partial charge < -0.3 is 10.6 Å². The molecule has 90 valence electrons. The topological polar surface area (TPSA) is 59.2 Å². The van der Waals surface area contributed by atoms with Crippen molar-refractivity contribution in [2.45, 2.75) is 32.2 Å². The van der Waals surface area contributed by atoms with Gasteiger partial charge in [0.1, 0.15) is 5.82 Å². The molecular weight excluding hydrogens is 214 g/mol. The second kappa shape index (κ2) is 4.99. The average molecular weight is 231 g/mol. The zero-order valence-corrected chi connectivity index (χ0v) is 9.97. The molecule has 1 aromatic rings. The van der Waals surface area contributed by atoms with E-state index in [1.165, 1.54) is 0 Å². The first kappa shape index (κ1) is 11.6. The zero-order chi connectivity index (χ0) is 12.3. The molecule has 0 spiro atoms. The molecule has 0 aliphatic heterocycles. The van der Waals surface area contributed by atoms with E-state index in [-0.39, 0.29) is 0 Å². The maximum absolute atomic E-state index is 11.4. The molecule has 1 saturated carbocycles. The van der Waals surface area contributed by atoms with Crippen molar-refractivity contribution in [3.8, 4) is 0 Å². The summed E-state index contributed by atoms with van der Waals surface area (Å²) >= 11 is 0. The summed E-state index contributed by atoms with van der Waals surface area (Å²) in [6, 6.07) is 3.92. The standard InChI is InChI=1S/C13H17N3O/c1-2-3-9-16(10-6-7-10)13-11(12(14)17)5-4-8-15-13/h3-5,8-10H,2,6-7H2,1H3,(H2,14,17)/b9-3+. The number of aromatic nitrogens is 1. The van der Waals surface area contributed by atoms with E-state index in [9.17, 15) is 4.79 Å². The van der Waals surface area contributed by atoms with Gasteiger partial charge in [0.25, 0.3) is 5.91 Å². The molecule has 1 heterocycles. The highest BCUT2D eigenvalue weighted by atomic mass is 16.1.